The van der Waals surface area contributed by atoms with Crippen LogP contribution < -0.4 is 15.4 Å². The van der Waals surface area contributed by atoms with Gasteiger partial charge in [-0.25, -0.2) is 0 Å². The van der Waals surface area contributed by atoms with Crippen LogP contribution in [0.4, 0.5) is 0 Å². The summed E-state index contributed by atoms with van der Waals surface area (Å²) in [6, 6.07) is 6.74. The van der Waals surface area contributed by atoms with Crippen LogP contribution in [0.1, 0.15) is 30.1 Å². The summed E-state index contributed by atoms with van der Waals surface area (Å²) in [6.45, 7) is 2.50. The standard InChI is InChI=1S/C17H22N2O6/c1-2-25-13-6-4-3-5-12(13)16(23)18-10-14(20)19-17(9-15(21)22)7-8-24-11-17/h3-6H,2,7-11H2,1H3,(H,18,23)(H,19,20)(H,21,22). The first-order valence-corrected chi connectivity index (χ1v) is 8.06. The first-order valence-electron chi connectivity index (χ1n) is 8.06. The number of carboxylic acid groups (broad SMARTS) is 1. The zero-order valence-corrected chi connectivity index (χ0v) is 14.0. The van der Waals surface area contributed by atoms with Crippen molar-refractivity contribution in [1.82, 2.24) is 10.6 Å². The third-order valence-electron chi connectivity index (χ3n) is 3.84. The van der Waals surface area contributed by atoms with Crippen molar-refractivity contribution in [3.05, 3.63) is 29.8 Å². The normalized spacial score (nSPS) is 19.2. The minimum atomic E-state index is -1.01. The molecule has 0 radical (unpaired) electrons. The van der Waals surface area contributed by atoms with Gasteiger partial charge >= 0.3 is 5.97 Å². The van der Waals surface area contributed by atoms with Crippen molar-refractivity contribution in [3.8, 4) is 5.75 Å². The van der Waals surface area contributed by atoms with Crippen LogP contribution in [0.2, 0.25) is 0 Å². The van der Waals surface area contributed by atoms with Crippen LogP contribution in [-0.4, -0.2) is 54.8 Å². The van der Waals surface area contributed by atoms with Gasteiger partial charge in [0.1, 0.15) is 5.75 Å². The second kappa shape index (κ2) is 8.48. The molecule has 2 amide bonds. The van der Waals surface area contributed by atoms with E-state index in [4.69, 9.17) is 14.6 Å². The largest absolute Gasteiger partial charge is 0.493 e. The maximum absolute atomic E-state index is 12.2. The van der Waals surface area contributed by atoms with Gasteiger partial charge < -0.3 is 25.2 Å². The van der Waals surface area contributed by atoms with E-state index in [1.807, 2.05) is 6.92 Å². The van der Waals surface area contributed by atoms with Crippen molar-refractivity contribution in [3.63, 3.8) is 0 Å². The lowest BCUT2D eigenvalue weighted by Gasteiger charge is -2.27. The molecule has 1 fully saturated rings. The molecular formula is C17H22N2O6. The van der Waals surface area contributed by atoms with Gasteiger partial charge in [0.15, 0.2) is 0 Å². The van der Waals surface area contributed by atoms with E-state index >= 15 is 0 Å². The molecule has 136 valence electrons. The van der Waals surface area contributed by atoms with E-state index < -0.39 is 23.3 Å². The third kappa shape index (κ3) is 5.18. The number of para-hydroxylation sites is 1. The molecule has 1 unspecified atom stereocenters. The Hall–Kier alpha value is -2.61. The number of benzene rings is 1. The van der Waals surface area contributed by atoms with Gasteiger partial charge in [-0.05, 0) is 25.5 Å². The predicted molar refractivity (Wildman–Crippen MR) is 88.5 cm³/mol. The van der Waals surface area contributed by atoms with Crippen LogP contribution >= 0.6 is 0 Å². The average Bonchev–Trinajstić information content (AvgIpc) is 3.00. The third-order valence-corrected chi connectivity index (χ3v) is 3.84. The molecule has 8 heteroatoms. The molecule has 0 saturated carbocycles. The monoisotopic (exact) mass is 350 g/mol. The number of carboxylic acids is 1. The van der Waals surface area contributed by atoms with Crippen molar-refractivity contribution in [2.45, 2.75) is 25.3 Å². The lowest BCUT2D eigenvalue weighted by atomic mass is 9.94. The minimum Gasteiger partial charge on any atom is -0.493 e. The summed E-state index contributed by atoms with van der Waals surface area (Å²) in [4.78, 5) is 35.4. The molecule has 1 aromatic carbocycles. The van der Waals surface area contributed by atoms with Crippen LogP contribution in [0.15, 0.2) is 24.3 Å². The van der Waals surface area contributed by atoms with Gasteiger partial charge in [0.05, 0.1) is 37.3 Å². The van der Waals surface area contributed by atoms with Crippen LogP contribution in [0, 0.1) is 0 Å². The van der Waals surface area contributed by atoms with E-state index in [-0.39, 0.29) is 19.6 Å². The van der Waals surface area contributed by atoms with E-state index in [9.17, 15) is 14.4 Å². The van der Waals surface area contributed by atoms with Crippen molar-refractivity contribution < 1.29 is 29.0 Å². The fourth-order valence-corrected chi connectivity index (χ4v) is 2.71. The molecule has 1 aromatic rings. The van der Waals surface area contributed by atoms with Crippen molar-refractivity contribution in [1.29, 1.82) is 0 Å². The Morgan fingerprint density at radius 2 is 2.08 bits per heavy atom. The number of rotatable bonds is 8. The molecule has 3 N–H and O–H groups in total. The number of ether oxygens (including phenoxy) is 2. The SMILES string of the molecule is CCOc1ccccc1C(=O)NCC(=O)NC1(CC(=O)O)CCOC1. The molecule has 25 heavy (non-hydrogen) atoms. The summed E-state index contributed by atoms with van der Waals surface area (Å²) < 4.78 is 10.6. The van der Waals surface area contributed by atoms with Gasteiger partial charge in [-0.2, -0.15) is 0 Å². The number of carbonyl (C=O) groups excluding carboxylic acids is 2. The number of aliphatic carboxylic acids is 1. The van der Waals surface area contributed by atoms with E-state index in [1.54, 1.807) is 24.3 Å². The van der Waals surface area contributed by atoms with E-state index in [0.717, 1.165) is 0 Å². The molecule has 2 rings (SSSR count). The van der Waals surface area contributed by atoms with Crippen LogP contribution in [0.25, 0.3) is 0 Å². The van der Waals surface area contributed by atoms with Gasteiger partial charge in [0.25, 0.3) is 5.91 Å². The Morgan fingerprint density at radius 3 is 2.72 bits per heavy atom. The summed E-state index contributed by atoms with van der Waals surface area (Å²) in [5.41, 5.74) is -0.585. The maximum Gasteiger partial charge on any atom is 0.305 e. The second-order valence-corrected chi connectivity index (χ2v) is 5.81. The van der Waals surface area contributed by atoms with Gasteiger partial charge in [-0.3, -0.25) is 14.4 Å². The highest BCUT2D eigenvalue weighted by Gasteiger charge is 2.38. The highest BCUT2D eigenvalue weighted by Crippen LogP contribution is 2.22. The molecule has 1 heterocycles. The number of nitrogens with one attached hydrogen (secondary N) is 2. The van der Waals surface area contributed by atoms with Gasteiger partial charge in [0.2, 0.25) is 5.91 Å². The number of carbonyl (C=O) groups is 3. The number of hydrogen-bond acceptors (Lipinski definition) is 5. The Bertz CT molecular complexity index is 640. The first-order chi connectivity index (χ1) is 12.0. The maximum atomic E-state index is 12.2. The summed E-state index contributed by atoms with van der Waals surface area (Å²) in [6.07, 6.45) is 0.200. The minimum absolute atomic E-state index is 0.145. The number of amides is 2. The van der Waals surface area contributed by atoms with Crippen molar-refractivity contribution in [2.75, 3.05) is 26.4 Å². The molecule has 0 bridgehead atoms. The zero-order chi connectivity index (χ0) is 18.3. The molecule has 1 atom stereocenters. The Labute approximate surface area is 145 Å². The van der Waals surface area contributed by atoms with Crippen LogP contribution in [0.3, 0.4) is 0 Å². The Balaban J connectivity index is 1.93. The van der Waals surface area contributed by atoms with Crippen molar-refractivity contribution in [2.24, 2.45) is 0 Å². The second-order valence-electron chi connectivity index (χ2n) is 5.81. The molecule has 8 nitrogen and oxygen atoms in total. The van der Waals surface area contributed by atoms with Crippen LogP contribution in [0.5, 0.6) is 5.75 Å². The molecule has 0 aliphatic carbocycles. The molecular weight excluding hydrogens is 328 g/mol. The van der Waals surface area contributed by atoms with Gasteiger partial charge in [-0.15, -0.1) is 0 Å². The number of hydrogen-bond donors (Lipinski definition) is 3. The lowest BCUT2D eigenvalue weighted by Crippen LogP contribution is -2.53. The summed E-state index contributed by atoms with van der Waals surface area (Å²) >= 11 is 0. The fourth-order valence-electron chi connectivity index (χ4n) is 2.71. The smallest absolute Gasteiger partial charge is 0.305 e. The summed E-state index contributed by atoms with van der Waals surface area (Å²) in [5.74, 6) is -1.47. The van der Waals surface area contributed by atoms with E-state index in [1.165, 1.54) is 0 Å². The first kappa shape index (κ1) is 18.7. The van der Waals surface area contributed by atoms with E-state index in [2.05, 4.69) is 10.6 Å². The topological polar surface area (TPSA) is 114 Å². The van der Waals surface area contributed by atoms with Crippen molar-refractivity contribution >= 4 is 17.8 Å². The Morgan fingerprint density at radius 1 is 1.32 bits per heavy atom. The molecule has 0 aromatic heterocycles. The van der Waals surface area contributed by atoms with Gasteiger partial charge in [0, 0.05) is 6.61 Å². The highest BCUT2D eigenvalue weighted by atomic mass is 16.5. The highest BCUT2D eigenvalue weighted by molar-refractivity contribution is 5.98. The molecule has 1 aliphatic heterocycles. The van der Waals surface area contributed by atoms with Crippen LogP contribution in [-0.2, 0) is 14.3 Å². The summed E-state index contributed by atoms with van der Waals surface area (Å²) in [5, 5.41) is 14.2. The Kier molecular flexibility index (Phi) is 6.35. The average molecular weight is 350 g/mol. The summed E-state index contributed by atoms with van der Waals surface area (Å²) in [7, 11) is 0. The quantitative estimate of drug-likeness (QED) is 0.631. The predicted octanol–water partition coefficient (Wildman–Crippen LogP) is 0.565. The van der Waals surface area contributed by atoms with Gasteiger partial charge in [-0.1, -0.05) is 12.1 Å². The fraction of sp³-hybridized carbons (Fsp3) is 0.471. The van der Waals surface area contributed by atoms with E-state index in [0.29, 0.717) is 30.9 Å². The molecule has 1 saturated heterocycles. The molecule has 0 spiro atoms. The zero-order valence-electron chi connectivity index (χ0n) is 14.0. The lowest BCUT2D eigenvalue weighted by molar-refractivity contribution is -0.139. The molecule has 1 aliphatic rings.